The molecule has 2 aromatic rings. The maximum absolute atomic E-state index is 11.8. The lowest BCUT2D eigenvalue weighted by atomic mass is 10.1. The Morgan fingerprint density at radius 1 is 1.43 bits per heavy atom. The van der Waals surface area contributed by atoms with E-state index in [1.54, 1.807) is 12.4 Å². The summed E-state index contributed by atoms with van der Waals surface area (Å²) in [5.74, 6) is 0.722. The number of carbonyl (C=O) groups is 1. The molecule has 4 N–H and O–H groups in total. The number of imidazole rings is 1. The number of carbonyl (C=O) groups excluding carboxylic acids is 1. The van der Waals surface area contributed by atoms with Gasteiger partial charge in [-0.2, -0.15) is 0 Å². The smallest absolute Gasteiger partial charge is 0.319 e. The van der Waals surface area contributed by atoms with E-state index in [0.29, 0.717) is 6.54 Å². The molecule has 0 fully saturated rings. The number of hydrogen-bond acceptors (Lipinski definition) is 3. The Kier molecular flexibility index (Phi) is 5.34. The summed E-state index contributed by atoms with van der Waals surface area (Å²) in [6.45, 7) is 5.44. The summed E-state index contributed by atoms with van der Waals surface area (Å²) in [6.07, 6.45) is 3.38. The first-order chi connectivity index (χ1) is 10.2. The number of urea groups is 1. The second-order valence-electron chi connectivity index (χ2n) is 4.75. The molecule has 0 radical (unpaired) electrons. The zero-order chi connectivity index (χ0) is 15.1. The molecule has 1 heterocycles. The van der Waals surface area contributed by atoms with E-state index in [1.807, 2.05) is 24.3 Å². The Labute approximate surface area is 124 Å². The number of H-pyrrole nitrogens is 1. The summed E-state index contributed by atoms with van der Waals surface area (Å²) >= 11 is 0. The summed E-state index contributed by atoms with van der Waals surface area (Å²) in [6, 6.07) is 7.82. The average molecular weight is 287 g/mol. The lowest BCUT2D eigenvalue weighted by molar-refractivity contribution is 0.251. The van der Waals surface area contributed by atoms with Gasteiger partial charge in [0.05, 0.1) is 6.54 Å². The van der Waals surface area contributed by atoms with Gasteiger partial charge in [0.15, 0.2) is 0 Å². The fraction of sp³-hybridized carbons (Fsp3) is 0.333. The second kappa shape index (κ2) is 7.44. The molecular formula is C15H21N5O. The highest BCUT2D eigenvalue weighted by atomic mass is 16.2. The van der Waals surface area contributed by atoms with Crippen molar-refractivity contribution in [3.63, 3.8) is 0 Å². The third-order valence-corrected chi connectivity index (χ3v) is 3.13. The van der Waals surface area contributed by atoms with E-state index in [2.05, 4.69) is 39.8 Å². The van der Waals surface area contributed by atoms with Gasteiger partial charge in [0.25, 0.3) is 0 Å². The van der Waals surface area contributed by atoms with E-state index in [-0.39, 0.29) is 12.1 Å². The van der Waals surface area contributed by atoms with E-state index >= 15 is 0 Å². The van der Waals surface area contributed by atoms with Gasteiger partial charge in [0.2, 0.25) is 0 Å². The maximum atomic E-state index is 11.8. The number of aromatic nitrogens is 2. The molecule has 6 nitrogen and oxygen atoms in total. The highest BCUT2D eigenvalue weighted by Crippen LogP contribution is 2.17. The van der Waals surface area contributed by atoms with Crippen LogP contribution in [0.4, 0.5) is 10.5 Å². The van der Waals surface area contributed by atoms with Crippen molar-refractivity contribution in [1.29, 1.82) is 0 Å². The Morgan fingerprint density at radius 3 is 3.00 bits per heavy atom. The van der Waals surface area contributed by atoms with E-state index in [9.17, 15) is 4.79 Å². The first kappa shape index (κ1) is 15.1. The summed E-state index contributed by atoms with van der Waals surface area (Å²) in [5.41, 5.74) is 1.91. The normalized spacial score (nSPS) is 11.9. The van der Waals surface area contributed by atoms with Crippen molar-refractivity contribution in [2.75, 3.05) is 11.9 Å². The topological polar surface area (TPSA) is 81.8 Å². The number of nitrogens with zero attached hydrogens (tertiary/aromatic N) is 1. The van der Waals surface area contributed by atoms with Crippen molar-refractivity contribution < 1.29 is 4.79 Å². The van der Waals surface area contributed by atoms with Crippen molar-refractivity contribution in [1.82, 2.24) is 20.6 Å². The summed E-state index contributed by atoms with van der Waals surface area (Å²) < 4.78 is 0. The van der Waals surface area contributed by atoms with Gasteiger partial charge < -0.3 is 20.9 Å². The molecule has 2 amide bonds. The van der Waals surface area contributed by atoms with Crippen LogP contribution in [0, 0.1) is 0 Å². The fourth-order valence-corrected chi connectivity index (χ4v) is 2.04. The molecule has 1 atom stereocenters. The van der Waals surface area contributed by atoms with Gasteiger partial charge in [-0.05, 0) is 31.2 Å². The van der Waals surface area contributed by atoms with Crippen LogP contribution < -0.4 is 16.0 Å². The Hall–Kier alpha value is -2.34. The van der Waals surface area contributed by atoms with Crippen molar-refractivity contribution >= 4 is 11.7 Å². The molecule has 112 valence electrons. The number of nitrogens with one attached hydrogen (secondary N) is 4. The number of amides is 2. The SMILES string of the molecule is CCNC(C)c1cccc(NC(=O)NCc2ncc[nH]2)c1. The van der Waals surface area contributed by atoms with Gasteiger partial charge in [0.1, 0.15) is 5.82 Å². The number of anilines is 1. The van der Waals surface area contributed by atoms with Gasteiger partial charge in [-0.15, -0.1) is 0 Å². The molecule has 2 rings (SSSR count). The number of aromatic amines is 1. The van der Waals surface area contributed by atoms with Gasteiger partial charge in [-0.25, -0.2) is 9.78 Å². The maximum Gasteiger partial charge on any atom is 0.319 e. The zero-order valence-electron chi connectivity index (χ0n) is 12.3. The molecule has 21 heavy (non-hydrogen) atoms. The highest BCUT2D eigenvalue weighted by Gasteiger charge is 2.06. The predicted molar refractivity (Wildman–Crippen MR) is 83.0 cm³/mol. The molecule has 0 aliphatic carbocycles. The highest BCUT2D eigenvalue weighted by molar-refractivity contribution is 5.89. The first-order valence-corrected chi connectivity index (χ1v) is 7.05. The van der Waals surface area contributed by atoms with Crippen LogP contribution in [0.1, 0.15) is 31.3 Å². The molecule has 0 saturated heterocycles. The minimum absolute atomic E-state index is 0.250. The lowest BCUT2D eigenvalue weighted by Gasteiger charge is -2.14. The molecule has 0 spiro atoms. The molecular weight excluding hydrogens is 266 g/mol. The third kappa shape index (κ3) is 4.61. The second-order valence-corrected chi connectivity index (χ2v) is 4.75. The van der Waals surface area contributed by atoms with Crippen molar-refractivity contribution in [2.24, 2.45) is 0 Å². The van der Waals surface area contributed by atoms with Crippen LogP contribution in [0.2, 0.25) is 0 Å². The molecule has 0 bridgehead atoms. The Morgan fingerprint density at radius 2 is 2.29 bits per heavy atom. The molecule has 1 unspecified atom stereocenters. The van der Waals surface area contributed by atoms with Crippen LogP contribution in [0.15, 0.2) is 36.7 Å². The number of rotatable bonds is 6. The standard InChI is InChI=1S/C15H21N5O/c1-3-16-11(2)12-5-4-6-13(9-12)20-15(21)19-10-14-17-7-8-18-14/h4-9,11,16H,3,10H2,1-2H3,(H,17,18)(H2,19,20,21). The molecule has 1 aromatic carbocycles. The van der Waals surface area contributed by atoms with E-state index in [4.69, 9.17) is 0 Å². The molecule has 0 saturated carbocycles. The van der Waals surface area contributed by atoms with Crippen LogP contribution >= 0.6 is 0 Å². The molecule has 0 aliphatic rings. The van der Waals surface area contributed by atoms with Gasteiger partial charge in [0, 0.05) is 24.1 Å². The monoisotopic (exact) mass is 287 g/mol. The van der Waals surface area contributed by atoms with Crippen LogP contribution in [0.25, 0.3) is 0 Å². The number of hydrogen-bond donors (Lipinski definition) is 4. The summed E-state index contributed by atoms with van der Waals surface area (Å²) in [4.78, 5) is 18.8. The first-order valence-electron chi connectivity index (χ1n) is 7.05. The van der Waals surface area contributed by atoms with Gasteiger partial charge in [-0.1, -0.05) is 19.1 Å². The van der Waals surface area contributed by atoms with Crippen LogP contribution in [0.5, 0.6) is 0 Å². The largest absolute Gasteiger partial charge is 0.347 e. The minimum Gasteiger partial charge on any atom is -0.347 e. The van der Waals surface area contributed by atoms with E-state index in [0.717, 1.165) is 23.6 Å². The van der Waals surface area contributed by atoms with Crippen LogP contribution in [0.3, 0.4) is 0 Å². The van der Waals surface area contributed by atoms with Gasteiger partial charge in [-0.3, -0.25) is 0 Å². The molecule has 1 aromatic heterocycles. The van der Waals surface area contributed by atoms with E-state index < -0.39 is 0 Å². The van der Waals surface area contributed by atoms with E-state index in [1.165, 1.54) is 0 Å². The van der Waals surface area contributed by atoms with Crippen molar-refractivity contribution in [2.45, 2.75) is 26.4 Å². The van der Waals surface area contributed by atoms with Gasteiger partial charge >= 0.3 is 6.03 Å². The number of benzene rings is 1. The van der Waals surface area contributed by atoms with Crippen LogP contribution in [-0.4, -0.2) is 22.5 Å². The Balaban J connectivity index is 1.89. The zero-order valence-corrected chi connectivity index (χ0v) is 12.3. The van der Waals surface area contributed by atoms with Crippen LogP contribution in [-0.2, 0) is 6.54 Å². The average Bonchev–Trinajstić information content (AvgIpc) is 2.99. The fourth-order valence-electron chi connectivity index (χ4n) is 2.04. The van der Waals surface area contributed by atoms with Crippen molar-refractivity contribution in [3.8, 4) is 0 Å². The molecule has 0 aliphatic heterocycles. The third-order valence-electron chi connectivity index (χ3n) is 3.13. The molecule has 6 heteroatoms. The Bertz CT molecular complexity index is 567. The predicted octanol–water partition coefficient (Wildman–Crippen LogP) is 2.40. The van der Waals surface area contributed by atoms with Crippen molar-refractivity contribution in [3.05, 3.63) is 48.0 Å². The summed E-state index contributed by atoms with van der Waals surface area (Å²) in [5, 5.41) is 8.92. The lowest BCUT2D eigenvalue weighted by Crippen LogP contribution is -2.28. The minimum atomic E-state index is -0.250. The summed E-state index contributed by atoms with van der Waals surface area (Å²) in [7, 11) is 0. The quantitative estimate of drug-likeness (QED) is 0.658.